The fraction of sp³-hybridized carbons (Fsp3) is 0. The zero-order valence-corrected chi connectivity index (χ0v) is 19.7. The second-order valence-corrected chi connectivity index (χ2v) is 8.48. The van der Waals surface area contributed by atoms with Crippen molar-refractivity contribution in [1.29, 1.82) is 0 Å². The summed E-state index contributed by atoms with van der Waals surface area (Å²) >= 11 is 9.93. The van der Waals surface area contributed by atoms with Crippen molar-refractivity contribution in [3.05, 3.63) is 90.8 Å². The Hall–Kier alpha value is -2.43. The third kappa shape index (κ3) is 5.80. The summed E-state index contributed by atoms with van der Waals surface area (Å²) in [4.78, 5) is 28.5. The maximum Gasteiger partial charge on any atom is 0.343 e. The van der Waals surface area contributed by atoms with Gasteiger partial charge in [0.2, 0.25) is 0 Å². The van der Waals surface area contributed by atoms with E-state index in [1.165, 1.54) is 30.6 Å². The van der Waals surface area contributed by atoms with Gasteiger partial charge in [-0.05, 0) is 68.3 Å². The number of amides is 1. The van der Waals surface area contributed by atoms with Crippen molar-refractivity contribution in [2.24, 2.45) is 5.10 Å². The van der Waals surface area contributed by atoms with Gasteiger partial charge in [0.1, 0.15) is 5.82 Å². The first-order valence-corrected chi connectivity index (χ1v) is 10.6. The molecule has 0 aliphatic heterocycles. The Labute approximate surface area is 195 Å². The van der Waals surface area contributed by atoms with Crippen molar-refractivity contribution in [3.8, 4) is 5.75 Å². The number of pyridine rings is 1. The number of halogens is 4. The molecule has 0 atom stereocenters. The van der Waals surface area contributed by atoms with Crippen molar-refractivity contribution in [2.75, 3.05) is 0 Å². The summed E-state index contributed by atoms with van der Waals surface area (Å²) in [5, 5.41) is 3.92. The van der Waals surface area contributed by atoms with Crippen LogP contribution in [0.4, 0.5) is 4.39 Å². The molecule has 0 spiro atoms. The normalized spacial score (nSPS) is 10.8. The summed E-state index contributed by atoms with van der Waals surface area (Å²) in [5.74, 6) is -1.59. The lowest BCUT2D eigenvalue weighted by atomic mass is 10.2. The Morgan fingerprint density at radius 3 is 2.57 bits per heavy atom. The van der Waals surface area contributed by atoms with Crippen LogP contribution in [0, 0.1) is 5.82 Å². The van der Waals surface area contributed by atoms with Crippen molar-refractivity contribution < 1.29 is 18.7 Å². The van der Waals surface area contributed by atoms with Crippen LogP contribution in [0.25, 0.3) is 0 Å². The van der Waals surface area contributed by atoms with Crippen molar-refractivity contribution >= 4 is 65.9 Å². The second-order valence-electron chi connectivity index (χ2n) is 5.80. The van der Waals surface area contributed by atoms with E-state index in [1.54, 1.807) is 24.4 Å². The van der Waals surface area contributed by atoms with Crippen LogP contribution in [0.3, 0.4) is 0 Å². The van der Waals surface area contributed by atoms with Crippen LogP contribution in [0.5, 0.6) is 5.75 Å². The van der Waals surface area contributed by atoms with E-state index in [-0.39, 0.29) is 11.3 Å². The molecule has 6 nitrogen and oxygen atoms in total. The molecule has 1 amide bonds. The van der Waals surface area contributed by atoms with E-state index in [2.05, 4.69) is 63.3 Å². The van der Waals surface area contributed by atoms with E-state index < -0.39 is 17.7 Å². The topological polar surface area (TPSA) is 80.6 Å². The number of hydrogen-bond donors (Lipinski definition) is 1. The number of esters is 1. The summed E-state index contributed by atoms with van der Waals surface area (Å²) in [6, 6.07) is 10.1. The van der Waals surface area contributed by atoms with E-state index in [4.69, 9.17) is 4.74 Å². The largest absolute Gasteiger partial charge is 0.421 e. The smallest absolute Gasteiger partial charge is 0.343 e. The Balaban J connectivity index is 1.81. The molecule has 0 saturated carbocycles. The van der Waals surface area contributed by atoms with E-state index >= 15 is 0 Å². The molecule has 0 bridgehead atoms. The van der Waals surface area contributed by atoms with Crippen LogP contribution < -0.4 is 10.2 Å². The van der Waals surface area contributed by atoms with Crippen LogP contribution >= 0.6 is 47.8 Å². The predicted molar refractivity (Wildman–Crippen MR) is 120 cm³/mol. The second kappa shape index (κ2) is 10.1. The molecule has 0 unspecified atom stereocenters. The first-order valence-electron chi connectivity index (χ1n) is 8.24. The maximum absolute atomic E-state index is 13.4. The quantitative estimate of drug-likeness (QED) is 0.182. The molecule has 1 heterocycles. The van der Waals surface area contributed by atoms with Crippen LogP contribution in [-0.4, -0.2) is 23.1 Å². The lowest BCUT2D eigenvalue weighted by Crippen LogP contribution is -2.18. The average molecular weight is 600 g/mol. The van der Waals surface area contributed by atoms with Gasteiger partial charge in [0.05, 0.1) is 21.8 Å². The zero-order valence-electron chi connectivity index (χ0n) is 14.9. The van der Waals surface area contributed by atoms with Gasteiger partial charge in [-0.3, -0.25) is 9.78 Å². The SMILES string of the molecule is O=C(NN=Cc1cc(Br)cc(Br)c1OC(=O)c1cccc(F)c1)c1cncc(Br)c1. The van der Waals surface area contributed by atoms with E-state index in [9.17, 15) is 14.0 Å². The summed E-state index contributed by atoms with van der Waals surface area (Å²) in [7, 11) is 0. The monoisotopic (exact) mass is 597 g/mol. The summed E-state index contributed by atoms with van der Waals surface area (Å²) in [6.45, 7) is 0. The van der Waals surface area contributed by atoms with Gasteiger partial charge in [-0.1, -0.05) is 22.0 Å². The lowest BCUT2D eigenvalue weighted by Gasteiger charge is -2.10. The van der Waals surface area contributed by atoms with Crippen LogP contribution in [0.1, 0.15) is 26.3 Å². The first kappa shape index (κ1) is 22.3. The Morgan fingerprint density at radius 2 is 1.83 bits per heavy atom. The molecular formula is C20H11Br3FN3O3. The highest BCUT2D eigenvalue weighted by Gasteiger charge is 2.16. The number of hydrogen-bond acceptors (Lipinski definition) is 5. The number of carbonyl (C=O) groups is 2. The van der Waals surface area contributed by atoms with Crippen LogP contribution in [0.2, 0.25) is 0 Å². The van der Waals surface area contributed by atoms with Crippen molar-refractivity contribution in [2.45, 2.75) is 0 Å². The number of rotatable bonds is 5. The maximum atomic E-state index is 13.4. The molecule has 0 aliphatic rings. The number of carbonyl (C=O) groups excluding carboxylic acids is 2. The number of hydrazone groups is 1. The molecule has 0 fully saturated rings. The van der Waals surface area contributed by atoms with Gasteiger partial charge < -0.3 is 4.74 Å². The zero-order chi connectivity index (χ0) is 21.7. The molecule has 152 valence electrons. The molecule has 1 N–H and O–H groups in total. The number of ether oxygens (including phenoxy) is 1. The molecule has 2 aromatic carbocycles. The summed E-state index contributed by atoms with van der Waals surface area (Å²) in [5.41, 5.74) is 3.15. The van der Waals surface area contributed by atoms with Gasteiger partial charge in [0.15, 0.2) is 5.75 Å². The fourth-order valence-corrected chi connectivity index (χ4v) is 4.02. The minimum absolute atomic E-state index is 0.0585. The number of nitrogens with zero attached hydrogens (tertiary/aromatic N) is 2. The molecule has 30 heavy (non-hydrogen) atoms. The van der Waals surface area contributed by atoms with Crippen LogP contribution in [0.15, 0.2) is 73.4 Å². The minimum Gasteiger partial charge on any atom is -0.421 e. The Morgan fingerprint density at radius 1 is 1.03 bits per heavy atom. The van der Waals surface area contributed by atoms with Crippen molar-refractivity contribution in [1.82, 2.24) is 10.4 Å². The molecule has 3 aromatic rings. The minimum atomic E-state index is -0.739. The third-order valence-corrected chi connectivity index (χ3v) is 5.11. The van der Waals surface area contributed by atoms with E-state index in [0.717, 1.165) is 6.07 Å². The molecule has 1 aromatic heterocycles. The van der Waals surface area contributed by atoms with Gasteiger partial charge in [-0.25, -0.2) is 14.6 Å². The summed E-state index contributed by atoms with van der Waals surface area (Å²) < 4.78 is 20.6. The van der Waals surface area contributed by atoms with Gasteiger partial charge in [0.25, 0.3) is 5.91 Å². The molecular weight excluding hydrogens is 589 g/mol. The number of nitrogens with one attached hydrogen (secondary N) is 1. The molecule has 10 heteroatoms. The van der Waals surface area contributed by atoms with E-state index in [1.807, 2.05) is 0 Å². The first-order chi connectivity index (χ1) is 14.3. The highest BCUT2D eigenvalue weighted by molar-refractivity contribution is 9.11. The van der Waals surface area contributed by atoms with Gasteiger partial charge in [0, 0.05) is 26.9 Å². The van der Waals surface area contributed by atoms with Crippen LogP contribution in [-0.2, 0) is 0 Å². The summed E-state index contributed by atoms with van der Waals surface area (Å²) in [6.07, 6.45) is 4.28. The Kier molecular flexibility index (Phi) is 7.46. The highest BCUT2D eigenvalue weighted by Crippen LogP contribution is 2.32. The lowest BCUT2D eigenvalue weighted by molar-refractivity contribution is 0.0732. The molecule has 3 rings (SSSR count). The van der Waals surface area contributed by atoms with Gasteiger partial charge in [-0.2, -0.15) is 5.10 Å². The van der Waals surface area contributed by atoms with Crippen molar-refractivity contribution in [3.63, 3.8) is 0 Å². The van der Waals surface area contributed by atoms with Gasteiger partial charge in [-0.15, -0.1) is 0 Å². The predicted octanol–water partition coefficient (Wildman–Crippen LogP) is 5.49. The molecule has 0 radical (unpaired) electrons. The average Bonchev–Trinajstić information content (AvgIpc) is 2.70. The standard InChI is InChI=1S/C20H11Br3FN3O3/c21-14-4-12(9-26-27-19(28)13-5-15(22)10-25-8-13)18(17(23)7-14)30-20(29)11-2-1-3-16(24)6-11/h1-10H,(H,27,28). The number of aromatic nitrogens is 1. The van der Waals surface area contributed by atoms with E-state index in [0.29, 0.717) is 24.5 Å². The third-order valence-electron chi connectivity index (χ3n) is 3.63. The molecule has 0 aliphatic carbocycles. The molecule has 0 saturated heterocycles. The Bertz CT molecular complexity index is 1160. The van der Waals surface area contributed by atoms with Gasteiger partial charge >= 0.3 is 5.97 Å². The fourth-order valence-electron chi connectivity index (χ4n) is 2.31. The highest BCUT2D eigenvalue weighted by atomic mass is 79.9. The number of benzene rings is 2.